The van der Waals surface area contributed by atoms with Gasteiger partial charge in [-0.3, -0.25) is 4.99 Å². The Morgan fingerprint density at radius 3 is 2.88 bits per heavy atom. The number of nitrogens with one attached hydrogen (secondary N) is 1. The van der Waals surface area contributed by atoms with Crippen LogP contribution in [0.15, 0.2) is 23.2 Å². The van der Waals surface area contributed by atoms with Crippen LogP contribution in [0.2, 0.25) is 0 Å². The predicted octanol–water partition coefficient (Wildman–Crippen LogP) is 1.74. The van der Waals surface area contributed by atoms with Crippen molar-refractivity contribution in [3.8, 4) is 5.75 Å². The summed E-state index contributed by atoms with van der Waals surface area (Å²) in [6.45, 7) is 2.05. The van der Waals surface area contributed by atoms with Crippen LogP contribution in [0.5, 0.6) is 5.75 Å². The van der Waals surface area contributed by atoms with Crippen molar-refractivity contribution in [2.24, 2.45) is 4.99 Å². The average Bonchev–Trinajstić information content (AvgIpc) is 2.76. The summed E-state index contributed by atoms with van der Waals surface area (Å²) in [6.07, 6.45) is 0.652. The average molecular weight is 226 g/mol. The molecule has 0 saturated carbocycles. The van der Waals surface area contributed by atoms with E-state index in [2.05, 4.69) is 10.3 Å². The fourth-order valence-corrected chi connectivity index (χ4v) is 1.45. The summed E-state index contributed by atoms with van der Waals surface area (Å²) in [5.41, 5.74) is 0. The van der Waals surface area contributed by atoms with E-state index >= 15 is 0 Å². The van der Waals surface area contributed by atoms with Crippen molar-refractivity contribution < 1.29 is 13.5 Å². The molecule has 1 N–H and O–H groups in total. The maximum absolute atomic E-state index is 12.8. The summed E-state index contributed by atoms with van der Waals surface area (Å²) in [5, 5.41) is 3.10. The number of ether oxygens (including phenoxy) is 1. The maximum Gasteiger partial charge on any atom is 0.162 e. The van der Waals surface area contributed by atoms with E-state index in [-0.39, 0.29) is 0 Å². The van der Waals surface area contributed by atoms with Crippen LogP contribution in [0.4, 0.5) is 8.78 Å². The van der Waals surface area contributed by atoms with Crippen molar-refractivity contribution in [2.45, 2.75) is 6.42 Å². The molecule has 1 heterocycles. The highest BCUT2D eigenvalue weighted by molar-refractivity contribution is 5.83. The first kappa shape index (κ1) is 10.9. The van der Waals surface area contributed by atoms with Gasteiger partial charge in [0.1, 0.15) is 5.75 Å². The Morgan fingerprint density at radius 1 is 1.31 bits per heavy atom. The van der Waals surface area contributed by atoms with Gasteiger partial charge in [-0.05, 0) is 12.1 Å². The third kappa shape index (κ3) is 2.68. The molecule has 0 amide bonds. The van der Waals surface area contributed by atoms with Crippen LogP contribution < -0.4 is 10.1 Å². The predicted molar refractivity (Wildman–Crippen MR) is 56.8 cm³/mol. The Hall–Kier alpha value is -1.65. The minimum Gasteiger partial charge on any atom is -0.493 e. The summed E-state index contributed by atoms with van der Waals surface area (Å²) >= 11 is 0. The van der Waals surface area contributed by atoms with Crippen molar-refractivity contribution in [3.63, 3.8) is 0 Å². The fourth-order valence-electron chi connectivity index (χ4n) is 1.45. The van der Waals surface area contributed by atoms with Crippen molar-refractivity contribution in [2.75, 3.05) is 19.7 Å². The van der Waals surface area contributed by atoms with Gasteiger partial charge >= 0.3 is 0 Å². The fraction of sp³-hybridized carbons (Fsp3) is 0.364. The molecule has 2 rings (SSSR count). The van der Waals surface area contributed by atoms with Gasteiger partial charge in [0.25, 0.3) is 0 Å². The number of nitrogens with zero attached hydrogens (tertiary/aromatic N) is 1. The second-order valence-electron chi connectivity index (χ2n) is 3.43. The van der Waals surface area contributed by atoms with Crippen molar-refractivity contribution in [1.29, 1.82) is 0 Å². The SMILES string of the molecule is Fc1ccc(OCCC2=NCCN2)cc1F. The summed E-state index contributed by atoms with van der Waals surface area (Å²) in [5.74, 6) is -0.525. The van der Waals surface area contributed by atoms with Gasteiger partial charge in [0.05, 0.1) is 19.0 Å². The number of amidine groups is 1. The van der Waals surface area contributed by atoms with Crippen molar-refractivity contribution in [1.82, 2.24) is 5.32 Å². The van der Waals surface area contributed by atoms with E-state index in [0.717, 1.165) is 31.1 Å². The highest BCUT2D eigenvalue weighted by Gasteiger charge is 2.06. The molecule has 1 aromatic rings. The van der Waals surface area contributed by atoms with Gasteiger partial charge in [-0.2, -0.15) is 0 Å². The molecule has 5 heteroatoms. The van der Waals surface area contributed by atoms with Crippen molar-refractivity contribution in [3.05, 3.63) is 29.8 Å². The smallest absolute Gasteiger partial charge is 0.162 e. The molecule has 0 unspecified atom stereocenters. The van der Waals surface area contributed by atoms with Crippen LogP contribution in [0.25, 0.3) is 0 Å². The Balaban J connectivity index is 1.82. The molecule has 0 aliphatic carbocycles. The zero-order valence-electron chi connectivity index (χ0n) is 8.67. The third-order valence-electron chi connectivity index (χ3n) is 2.24. The molecule has 1 aliphatic heterocycles. The third-order valence-corrected chi connectivity index (χ3v) is 2.24. The standard InChI is InChI=1S/C11H12F2N2O/c12-9-2-1-8(7-10(9)13)16-6-3-11-14-4-5-15-11/h1-2,7H,3-6H2,(H,14,15). The zero-order chi connectivity index (χ0) is 11.4. The minimum atomic E-state index is -0.895. The first-order valence-corrected chi connectivity index (χ1v) is 5.11. The summed E-state index contributed by atoms with van der Waals surface area (Å²) < 4.78 is 30.7. The number of benzene rings is 1. The topological polar surface area (TPSA) is 33.6 Å². The zero-order valence-corrected chi connectivity index (χ0v) is 8.67. The van der Waals surface area contributed by atoms with Crippen LogP contribution >= 0.6 is 0 Å². The molecule has 0 spiro atoms. The number of halogens is 2. The maximum atomic E-state index is 12.8. The molecule has 1 aromatic carbocycles. The van der Waals surface area contributed by atoms with Crippen LogP contribution in [0.3, 0.4) is 0 Å². The summed E-state index contributed by atoms with van der Waals surface area (Å²) in [7, 11) is 0. The van der Waals surface area contributed by atoms with Crippen LogP contribution in [0.1, 0.15) is 6.42 Å². The number of hydrogen-bond acceptors (Lipinski definition) is 3. The first-order chi connectivity index (χ1) is 7.75. The summed E-state index contributed by atoms with van der Waals surface area (Å²) in [6, 6.07) is 3.50. The highest BCUT2D eigenvalue weighted by atomic mass is 19.2. The largest absolute Gasteiger partial charge is 0.493 e. The monoisotopic (exact) mass is 226 g/mol. The van der Waals surface area contributed by atoms with Gasteiger partial charge in [0.15, 0.2) is 11.6 Å². The molecule has 0 radical (unpaired) electrons. The molecule has 3 nitrogen and oxygen atoms in total. The van der Waals surface area contributed by atoms with Crippen molar-refractivity contribution >= 4 is 5.84 Å². The second kappa shape index (κ2) is 4.92. The normalized spacial score (nSPS) is 14.5. The quantitative estimate of drug-likeness (QED) is 0.848. The number of hydrogen-bond donors (Lipinski definition) is 1. The lowest BCUT2D eigenvalue weighted by Gasteiger charge is -2.06. The van der Waals surface area contributed by atoms with E-state index in [1.165, 1.54) is 6.07 Å². The summed E-state index contributed by atoms with van der Waals surface area (Å²) in [4.78, 5) is 4.19. The van der Waals surface area contributed by atoms with Crippen LogP contribution in [-0.4, -0.2) is 25.5 Å². The highest BCUT2D eigenvalue weighted by Crippen LogP contribution is 2.15. The van der Waals surface area contributed by atoms with Crippen LogP contribution in [-0.2, 0) is 0 Å². The second-order valence-corrected chi connectivity index (χ2v) is 3.43. The molecule has 0 fully saturated rings. The Labute approximate surface area is 92.1 Å². The minimum absolute atomic E-state index is 0.331. The molecule has 0 atom stereocenters. The van der Waals surface area contributed by atoms with Gasteiger partial charge in [-0.1, -0.05) is 0 Å². The van der Waals surface area contributed by atoms with Crippen LogP contribution in [0, 0.1) is 11.6 Å². The lowest BCUT2D eigenvalue weighted by atomic mass is 10.3. The Morgan fingerprint density at radius 2 is 2.19 bits per heavy atom. The molecular formula is C11H12F2N2O. The van der Waals surface area contributed by atoms with Gasteiger partial charge < -0.3 is 10.1 Å². The number of aliphatic imine (C=N–C) groups is 1. The lowest BCUT2D eigenvalue weighted by Crippen LogP contribution is -2.20. The Kier molecular flexibility index (Phi) is 3.34. The van der Waals surface area contributed by atoms with E-state index in [0.29, 0.717) is 18.8 Å². The van der Waals surface area contributed by atoms with Gasteiger partial charge in [-0.25, -0.2) is 8.78 Å². The molecule has 16 heavy (non-hydrogen) atoms. The molecule has 0 bridgehead atoms. The molecule has 0 aromatic heterocycles. The van der Waals surface area contributed by atoms with Gasteiger partial charge in [-0.15, -0.1) is 0 Å². The number of rotatable bonds is 4. The first-order valence-electron chi connectivity index (χ1n) is 5.11. The van der Waals surface area contributed by atoms with Gasteiger partial charge in [0, 0.05) is 19.0 Å². The van der Waals surface area contributed by atoms with E-state index in [1.54, 1.807) is 0 Å². The lowest BCUT2D eigenvalue weighted by molar-refractivity contribution is 0.325. The van der Waals surface area contributed by atoms with Gasteiger partial charge in [0.2, 0.25) is 0 Å². The van der Waals surface area contributed by atoms with E-state index in [1.807, 2.05) is 0 Å². The van der Waals surface area contributed by atoms with E-state index in [4.69, 9.17) is 4.74 Å². The molecule has 86 valence electrons. The van der Waals surface area contributed by atoms with E-state index < -0.39 is 11.6 Å². The Bertz CT molecular complexity index is 407. The molecule has 1 aliphatic rings. The molecule has 0 saturated heterocycles. The van der Waals surface area contributed by atoms with E-state index in [9.17, 15) is 8.78 Å². The molecular weight excluding hydrogens is 214 g/mol.